The number of hydrogen-bond acceptors (Lipinski definition) is 4. The van der Waals surface area contributed by atoms with Gasteiger partial charge in [-0.2, -0.15) is 28.7 Å². The Labute approximate surface area is 423 Å². The topological polar surface area (TPSA) is 83.4 Å². The van der Waals surface area contributed by atoms with Crippen molar-refractivity contribution < 1.29 is 44.1 Å². The Morgan fingerprint density at radius 2 is 1.34 bits per heavy atom. The summed E-state index contributed by atoms with van der Waals surface area (Å²) in [5, 5.41) is 21.7. The summed E-state index contributed by atoms with van der Waals surface area (Å²) < 4.78 is 100.0. The molecule has 3 heterocycles. The van der Waals surface area contributed by atoms with Gasteiger partial charge in [-0.05, 0) is 97.9 Å². The number of nitrogens with zero attached hydrogens (tertiary/aromatic N) is 6. The third-order valence-corrected chi connectivity index (χ3v) is 11.6. The van der Waals surface area contributed by atoms with Crippen molar-refractivity contribution in [2.75, 3.05) is 0 Å². The van der Waals surface area contributed by atoms with Crippen molar-refractivity contribution in [3.63, 3.8) is 0 Å². The van der Waals surface area contributed by atoms with E-state index in [0.717, 1.165) is 21.9 Å². The van der Waals surface area contributed by atoms with Crippen LogP contribution >= 0.6 is 0 Å². The number of para-hydroxylation sites is 1. The van der Waals surface area contributed by atoms with Crippen LogP contribution < -0.4 is 9.30 Å². The van der Waals surface area contributed by atoms with Crippen LogP contribution in [0.5, 0.6) is 11.5 Å². The van der Waals surface area contributed by atoms with Gasteiger partial charge >= 0.3 is 0 Å². The van der Waals surface area contributed by atoms with Gasteiger partial charge in [0.05, 0.1) is 53.7 Å². The summed E-state index contributed by atoms with van der Waals surface area (Å²) in [5.41, 5.74) is 5.60. The zero-order chi connectivity index (χ0) is 54.4. The van der Waals surface area contributed by atoms with Crippen molar-refractivity contribution in [2.45, 2.75) is 26.2 Å². The Balaban J connectivity index is 0.00000688. The van der Waals surface area contributed by atoms with Crippen LogP contribution in [0.4, 0.5) is 0 Å². The van der Waals surface area contributed by atoms with Crippen LogP contribution in [-0.2, 0) is 26.5 Å². The SMILES string of the molecule is [2H]c1c([2H])c([2H])c(-c2cccc(-c3c([2H])c([2H])c([2H])c([2H])c3[2H])c2-[n+]2[c-]n(-c3[c-]c(Oc4[c-]c5c(cc4)c4cc(C#N)ccc4n5-c4cc(C(C)(C)C)ccn4)ccc3)c3ccc(-c4ccccc4C#N)cc32)c([2H])c1[2H].[Pt]. The number of hydrogen-bond donors (Lipinski definition) is 0. The van der Waals surface area contributed by atoms with Gasteiger partial charge in [0.15, 0.2) is 0 Å². The van der Waals surface area contributed by atoms with Crippen molar-refractivity contribution in [1.82, 2.24) is 14.1 Å². The molecule has 0 aliphatic carbocycles. The smallest absolute Gasteiger partial charge is 0.268 e. The predicted molar refractivity (Wildman–Crippen MR) is 264 cm³/mol. The van der Waals surface area contributed by atoms with E-state index in [2.05, 4.69) is 51.4 Å². The number of ether oxygens (including phenoxy) is 1. The average Bonchev–Trinajstić information content (AvgIpc) is 4.11. The first-order valence-corrected chi connectivity index (χ1v) is 21.3. The van der Waals surface area contributed by atoms with E-state index >= 15 is 0 Å². The van der Waals surface area contributed by atoms with Gasteiger partial charge in [0.1, 0.15) is 5.82 Å². The third kappa shape index (κ3) is 7.84. The number of benzene rings is 8. The van der Waals surface area contributed by atoms with Crippen molar-refractivity contribution in [2.24, 2.45) is 0 Å². The summed E-state index contributed by atoms with van der Waals surface area (Å²) in [6.07, 6.45) is 5.20. The minimum Gasteiger partial charge on any atom is -0.510 e. The van der Waals surface area contributed by atoms with Crippen LogP contribution in [0.1, 0.15) is 51.2 Å². The van der Waals surface area contributed by atoms with Gasteiger partial charge in [-0.15, -0.1) is 29.7 Å². The second-order valence-electron chi connectivity index (χ2n) is 16.8. The molecule has 0 saturated carbocycles. The molecule has 0 N–H and O–H groups in total. The Hall–Kier alpha value is -8.35. The van der Waals surface area contributed by atoms with E-state index in [-0.39, 0.29) is 60.2 Å². The first-order chi connectivity index (χ1) is 36.9. The summed E-state index contributed by atoms with van der Waals surface area (Å²) in [4.78, 5) is 4.78. The molecule has 0 amide bonds. The number of pyridine rings is 1. The molecule has 11 rings (SSSR count). The predicted octanol–water partition coefficient (Wildman–Crippen LogP) is 13.6. The van der Waals surface area contributed by atoms with Crippen LogP contribution in [0.15, 0.2) is 188 Å². The Kier molecular flexibility index (Phi) is 8.68. The van der Waals surface area contributed by atoms with Crippen LogP contribution in [0.3, 0.4) is 0 Å². The minimum atomic E-state index is -0.613. The summed E-state index contributed by atoms with van der Waals surface area (Å²) in [6, 6.07) is 41.3. The molecular weight excluding hydrogens is 1020 g/mol. The number of imidazole rings is 1. The van der Waals surface area contributed by atoms with E-state index in [0.29, 0.717) is 56.1 Å². The molecule has 0 saturated heterocycles. The monoisotopic (exact) mass is 1070 g/mol. The second kappa shape index (κ2) is 17.8. The molecule has 68 heavy (non-hydrogen) atoms. The van der Waals surface area contributed by atoms with E-state index in [4.69, 9.17) is 23.4 Å². The number of rotatable bonds is 8. The molecule has 0 aliphatic rings. The van der Waals surface area contributed by atoms with Gasteiger partial charge in [0.25, 0.3) is 6.33 Å². The zero-order valence-corrected chi connectivity index (χ0v) is 38.8. The Morgan fingerprint density at radius 1 is 0.647 bits per heavy atom. The summed E-state index contributed by atoms with van der Waals surface area (Å²) in [5.74, 6) is 1.28. The Morgan fingerprint density at radius 3 is 2.06 bits per heavy atom. The van der Waals surface area contributed by atoms with Gasteiger partial charge in [0, 0.05) is 44.3 Å². The fourth-order valence-corrected chi connectivity index (χ4v) is 8.45. The maximum Gasteiger partial charge on any atom is 0.268 e. The van der Waals surface area contributed by atoms with E-state index in [1.165, 1.54) is 6.07 Å². The maximum atomic E-state index is 10.2. The van der Waals surface area contributed by atoms with Gasteiger partial charge in [-0.3, -0.25) is 4.57 Å². The summed E-state index contributed by atoms with van der Waals surface area (Å²) in [6.45, 7) is 6.39. The molecule has 8 aromatic carbocycles. The Bertz CT molecular complexity index is 4270. The van der Waals surface area contributed by atoms with Crippen LogP contribution in [0, 0.1) is 41.1 Å². The normalized spacial score (nSPS) is 13.4. The fraction of sp³-hybridized carbons (Fsp3) is 0.0667. The molecule has 0 radical (unpaired) electrons. The molecule has 0 fully saturated rings. The molecule has 7 nitrogen and oxygen atoms in total. The fourth-order valence-electron chi connectivity index (χ4n) is 8.45. The molecule has 0 aliphatic heterocycles. The van der Waals surface area contributed by atoms with Crippen molar-refractivity contribution in [3.8, 4) is 74.2 Å². The van der Waals surface area contributed by atoms with Crippen LogP contribution in [0.25, 0.3) is 83.4 Å². The van der Waals surface area contributed by atoms with E-state index < -0.39 is 60.4 Å². The second-order valence-corrected chi connectivity index (χ2v) is 16.8. The van der Waals surface area contributed by atoms with Crippen LogP contribution in [0.2, 0.25) is 0 Å². The van der Waals surface area contributed by atoms with Crippen molar-refractivity contribution in [3.05, 3.63) is 223 Å². The van der Waals surface area contributed by atoms with Gasteiger partial charge in [-0.1, -0.05) is 135 Å². The van der Waals surface area contributed by atoms with Gasteiger partial charge in [0.2, 0.25) is 0 Å². The molecule has 8 heteroatoms. The summed E-state index contributed by atoms with van der Waals surface area (Å²) >= 11 is 0. The van der Waals surface area contributed by atoms with Crippen LogP contribution in [-0.4, -0.2) is 14.1 Å². The number of nitriles is 2. The molecule has 328 valence electrons. The summed E-state index contributed by atoms with van der Waals surface area (Å²) in [7, 11) is 0. The maximum absolute atomic E-state index is 10.2. The molecule has 0 atom stereocenters. The molecule has 0 bridgehead atoms. The van der Waals surface area contributed by atoms with E-state index in [1.54, 1.807) is 88.1 Å². The van der Waals surface area contributed by atoms with Crippen molar-refractivity contribution >= 4 is 32.8 Å². The van der Waals surface area contributed by atoms with E-state index in [1.807, 2.05) is 47.0 Å². The largest absolute Gasteiger partial charge is 0.510 e. The van der Waals surface area contributed by atoms with Gasteiger partial charge in [-0.25, -0.2) is 4.98 Å². The van der Waals surface area contributed by atoms with E-state index in [9.17, 15) is 10.5 Å². The van der Waals surface area contributed by atoms with Crippen molar-refractivity contribution in [1.29, 1.82) is 10.5 Å². The number of aromatic nitrogens is 4. The number of fused-ring (bicyclic) bond motifs is 4. The standard InChI is InChI=1S/C60H40N6O.Pt/c1-60(2,3)45-30-31-63-58(34-45)66-54-28-24-40(37-61)32-53(54)52-27-26-48(36-56(52)66)67-47-20-12-19-46(35-47)64-39-65(57-33-43(25-29-55(57)64)49-21-11-10-18-44(49)38-62)59-50(41-14-6-4-7-15-41)22-13-23-51(59)42-16-8-5-9-17-42;/h4-34H,1-3H3;/q-2;/i4D,5D,6D,7D,8D,9D,14D,15D,16D,17D;. The quantitative estimate of drug-likeness (QED) is 0.112. The van der Waals surface area contributed by atoms with Gasteiger partial charge < -0.3 is 13.9 Å². The minimum absolute atomic E-state index is 0. The third-order valence-electron chi connectivity index (χ3n) is 11.6. The molecule has 0 spiro atoms. The molecular formula is C60H40N6OPt-2. The molecule has 0 unspecified atom stereocenters. The first-order valence-electron chi connectivity index (χ1n) is 26.3. The first kappa shape index (κ1) is 33.2. The average molecular weight is 1070 g/mol. The zero-order valence-electron chi connectivity index (χ0n) is 46.5. The molecule has 3 aromatic heterocycles. The molecule has 11 aromatic rings.